The maximum absolute atomic E-state index is 9.04. The molecule has 3 N–H and O–H groups in total. The van der Waals surface area contributed by atoms with Gasteiger partial charge >= 0.3 is 0 Å². The fourth-order valence-corrected chi connectivity index (χ4v) is 2.89. The van der Waals surface area contributed by atoms with Crippen LogP contribution in [0.25, 0.3) is 16.7 Å². The lowest BCUT2D eigenvalue weighted by molar-refractivity contribution is 0.292. The summed E-state index contributed by atoms with van der Waals surface area (Å²) in [7, 11) is 0. The van der Waals surface area contributed by atoms with E-state index in [9.17, 15) is 0 Å². The molecule has 0 aliphatic carbocycles. The van der Waals surface area contributed by atoms with E-state index in [0.29, 0.717) is 30.4 Å². The highest BCUT2D eigenvalue weighted by Crippen LogP contribution is 2.27. The van der Waals surface area contributed by atoms with E-state index in [4.69, 9.17) is 5.11 Å². The number of aryl methyl sites for hydroxylation is 1. The van der Waals surface area contributed by atoms with Crippen LogP contribution in [0.5, 0.6) is 0 Å². The van der Waals surface area contributed by atoms with Crippen molar-refractivity contribution in [2.45, 2.75) is 13.3 Å². The third kappa shape index (κ3) is 3.79. The summed E-state index contributed by atoms with van der Waals surface area (Å²) in [6, 6.07) is 18.0. The molecule has 0 unspecified atom stereocenters. The molecule has 2 aromatic heterocycles. The van der Waals surface area contributed by atoms with Gasteiger partial charge in [0.05, 0.1) is 17.3 Å². The highest BCUT2D eigenvalue weighted by atomic mass is 16.3. The zero-order chi connectivity index (χ0) is 19.3. The highest BCUT2D eigenvalue weighted by molar-refractivity contribution is 5.90. The SMILES string of the molecule is Cc1ccc(Nc2nc(NCCCO)nc3c2cnn3-c2ccccc2)cc1. The topological polar surface area (TPSA) is 87.9 Å². The second kappa shape index (κ2) is 8.06. The second-order valence-electron chi connectivity index (χ2n) is 6.52. The Kier molecular flexibility index (Phi) is 5.16. The van der Waals surface area contributed by atoms with Crippen molar-refractivity contribution in [3.63, 3.8) is 0 Å². The summed E-state index contributed by atoms with van der Waals surface area (Å²) in [6.45, 7) is 2.76. The summed E-state index contributed by atoms with van der Waals surface area (Å²) in [5.74, 6) is 1.18. The predicted octanol–water partition coefficient (Wildman–Crippen LogP) is 3.66. The van der Waals surface area contributed by atoms with Crippen LogP contribution < -0.4 is 10.6 Å². The monoisotopic (exact) mass is 374 g/mol. The standard InChI is InChI=1S/C21H22N6O/c1-15-8-10-16(11-9-15)24-19-18-14-23-27(17-6-3-2-4-7-17)20(18)26-21(25-19)22-12-5-13-28/h2-4,6-11,14,28H,5,12-13H2,1H3,(H2,22,24,25,26). The van der Waals surface area contributed by atoms with Gasteiger partial charge in [0.25, 0.3) is 0 Å². The van der Waals surface area contributed by atoms with Crippen molar-refractivity contribution in [1.29, 1.82) is 0 Å². The molecule has 4 aromatic rings. The Balaban J connectivity index is 1.78. The first-order chi connectivity index (χ1) is 13.7. The van der Waals surface area contributed by atoms with Gasteiger partial charge in [-0.25, -0.2) is 4.68 Å². The Morgan fingerprint density at radius 2 is 1.79 bits per heavy atom. The Hall–Kier alpha value is -3.45. The van der Waals surface area contributed by atoms with Crippen LogP contribution >= 0.6 is 0 Å². The van der Waals surface area contributed by atoms with E-state index >= 15 is 0 Å². The number of hydrogen-bond acceptors (Lipinski definition) is 6. The van der Waals surface area contributed by atoms with Gasteiger partial charge in [0.1, 0.15) is 5.82 Å². The van der Waals surface area contributed by atoms with Crippen LogP contribution in [0.15, 0.2) is 60.8 Å². The van der Waals surface area contributed by atoms with Crippen LogP contribution in [0, 0.1) is 6.92 Å². The predicted molar refractivity (Wildman–Crippen MR) is 111 cm³/mol. The zero-order valence-corrected chi connectivity index (χ0v) is 15.6. The van der Waals surface area contributed by atoms with Crippen molar-refractivity contribution in [3.05, 3.63) is 66.4 Å². The zero-order valence-electron chi connectivity index (χ0n) is 15.6. The fourth-order valence-electron chi connectivity index (χ4n) is 2.89. The first-order valence-electron chi connectivity index (χ1n) is 9.24. The summed E-state index contributed by atoms with van der Waals surface area (Å²) in [6.07, 6.45) is 2.40. The first-order valence-corrected chi connectivity index (χ1v) is 9.24. The summed E-state index contributed by atoms with van der Waals surface area (Å²) >= 11 is 0. The van der Waals surface area contributed by atoms with Crippen molar-refractivity contribution >= 4 is 28.5 Å². The molecule has 0 bridgehead atoms. The second-order valence-corrected chi connectivity index (χ2v) is 6.52. The molecule has 7 heteroatoms. The van der Waals surface area contributed by atoms with Crippen LogP contribution in [-0.2, 0) is 0 Å². The van der Waals surface area contributed by atoms with E-state index < -0.39 is 0 Å². The van der Waals surface area contributed by atoms with Crippen molar-refractivity contribution in [2.75, 3.05) is 23.8 Å². The number of nitrogens with zero attached hydrogens (tertiary/aromatic N) is 4. The summed E-state index contributed by atoms with van der Waals surface area (Å²) < 4.78 is 1.80. The van der Waals surface area contributed by atoms with Gasteiger partial charge in [-0.3, -0.25) is 0 Å². The molecular formula is C21H22N6O. The molecule has 0 aliphatic heterocycles. The molecule has 0 amide bonds. The van der Waals surface area contributed by atoms with Gasteiger partial charge in [-0.15, -0.1) is 0 Å². The smallest absolute Gasteiger partial charge is 0.226 e. The highest BCUT2D eigenvalue weighted by Gasteiger charge is 2.14. The fraction of sp³-hybridized carbons (Fsp3) is 0.190. The van der Waals surface area contributed by atoms with Gasteiger partial charge in [0, 0.05) is 18.8 Å². The molecule has 0 aliphatic rings. The number of rotatable bonds is 7. The number of aliphatic hydroxyl groups excluding tert-OH is 1. The number of fused-ring (bicyclic) bond motifs is 1. The number of anilines is 3. The molecule has 7 nitrogen and oxygen atoms in total. The van der Waals surface area contributed by atoms with Crippen LogP contribution in [0.1, 0.15) is 12.0 Å². The number of benzene rings is 2. The minimum Gasteiger partial charge on any atom is -0.396 e. The number of nitrogens with one attached hydrogen (secondary N) is 2. The Bertz CT molecular complexity index is 1060. The molecule has 0 fully saturated rings. The quantitative estimate of drug-likeness (QED) is 0.428. The van der Waals surface area contributed by atoms with Crippen LogP contribution in [-0.4, -0.2) is 38.0 Å². The molecule has 0 saturated carbocycles. The lowest BCUT2D eigenvalue weighted by atomic mass is 10.2. The number of aromatic nitrogens is 4. The summed E-state index contributed by atoms with van der Waals surface area (Å²) in [5.41, 5.74) is 3.78. The van der Waals surface area contributed by atoms with Crippen LogP contribution in [0.3, 0.4) is 0 Å². The van der Waals surface area contributed by atoms with E-state index in [1.807, 2.05) is 42.5 Å². The number of aliphatic hydroxyl groups is 1. The molecule has 0 saturated heterocycles. The normalized spacial score (nSPS) is 10.9. The van der Waals surface area contributed by atoms with E-state index in [1.54, 1.807) is 10.9 Å². The Morgan fingerprint density at radius 3 is 2.54 bits per heavy atom. The van der Waals surface area contributed by atoms with E-state index in [1.165, 1.54) is 5.56 Å². The minimum absolute atomic E-state index is 0.117. The van der Waals surface area contributed by atoms with Gasteiger partial charge in [-0.2, -0.15) is 15.1 Å². The molecule has 2 heterocycles. The molecule has 0 atom stereocenters. The number of hydrogen-bond donors (Lipinski definition) is 3. The van der Waals surface area contributed by atoms with E-state index in [0.717, 1.165) is 16.8 Å². The maximum atomic E-state index is 9.04. The molecule has 142 valence electrons. The van der Waals surface area contributed by atoms with Gasteiger partial charge < -0.3 is 15.7 Å². The van der Waals surface area contributed by atoms with Crippen LogP contribution in [0.2, 0.25) is 0 Å². The van der Waals surface area contributed by atoms with Gasteiger partial charge in [-0.05, 0) is 37.6 Å². The molecular weight excluding hydrogens is 352 g/mol. The van der Waals surface area contributed by atoms with Gasteiger partial charge in [0.2, 0.25) is 5.95 Å². The van der Waals surface area contributed by atoms with Crippen molar-refractivity contribution in [2.24, 2.45) is 0 Å². The largest absolute Gasteiger partial charge is 0.396 e. The molecule has 4 rings (SSSR count). The Labute approximate surface area is 163 Å². The van der Waals surface area contributed by atoms with Crippen LogP contribution in [0.4, 0.5) is 17.5 Å². The lowest BCUT2D eigenvalue weighted by Gasteiger charge is -2.11. The lowest BCUT2D eigenvalue weighted by Crippen LogP contribution is -2.09. The van der Waals surface area contributed by atoms with Crippen molar-refractivity contribution in [3.8, 4) is 5.69 Å². The third-order valence-electron chi connectivity index (χ3n) is 4.36. The van der Waals surface area contributed by atoms with E-state index in [2.05, 4.69) is 44.8 Å². The average molecular weight is 374 g/mol. The van der Waals surface area contributed by atoms with Gasteiger partial charge in [-0.1, -0.05) is 35.9 Å². The molecule has 0 spiro atoms. The summed E-state index contributed by atoms with van der Waals surface area (Å²) in [4.78, 5) is 9.29. The maximum Gasteiger partial charge on any atom is 0.226 e. The van der Waals surface area contributed by atoms with Crippen molar-refractivity contribution in [1.82, 2.24) is 19.7 Å². The molecule has 28 heavy (non-hydrogen) atoms. The third-order valence-corrected chi connectivity index (χ3v) is 4.36. The van der Waals surface area contributed by atoms with E-state index in [-0.39, 0.29) is 6.61 Å². The minimum atomic E-state index is 0.117. The number of para-hydroxylation sites is 1. The molecule has 0 radical (unpaired) electrons. The average Bonchev–Trinajstić information content (AvgIpc) is 3.15. The van der Waals surface area contributed by atoms with Gasteiger partial charge in [0.15, 0.2) is 5.65 Å². The molecule has 2 aromatic carbocycles. The van der Waals surface area contributed by atoms with Crippen molar-refractivity contribution < 1.29 is 5.11 Å². The first kappa shape index (κ1) is 17.9. The Morgan fingerprint density at radius 1 is 1.00 bits per heavy atom. The summed E-state index contributed by atoms with van der Waals surface area (Å²) in [5, 5.41) is 21.0.